The van der Waals surface area contributed by atoms with Gasteiger partial charge in [0, 0.05) is 29.9 Å². The topological polar surface area (TPSA) is 74.3 Å². The van der Waals surface area contributed by atoms with Crippen LogP contribution < -0.4 is 10.3 Å². The molecular formula is C20H21N5O2S2. The van der Waals surface area contributed by atoms with Crippen LogP contribution in [0.5, 0.6) is 5.75 Å². The molecule has 150 valence electrons. The predicted octanol–water partition coefficient (Wildman–Crippen LogP) is 3.86. The number of hydrogen-bond acceptors (Lipinski definition) is 7. The maximum atomic E-state index is 12.1. The summed E-state index contributed by atoms with van der Waals surface area (Å²) < 4.78 is 9.50. The van der Waals surface area contributed by atoms with Gasteiger partial charge in [0.05, 0.1) is 5.69 Å². The predicted molar refractivity (Wildman–Crippen MR) is 115 cm³/mol. The summed E-state index contributed by atoms with van der Waals surface area (Å²) >= 11 is 2.97. The third-order valence-corrected chi connectivity index (χ3v) is 6.42. The summed E-state index contributed by atoms with van der Waals surface area (Å²) in [6.07, 6.45) is 1.74. The van der Waals surface area contributed by atoms with E-state index in [1.54, 1.807) is 16.7 Å². The molecule has 9 heteroatoms. The van der Waals surface area contributed by atoms with Crippen LogP contribution in [0.2, 0.25) is 0 Å². The molecule has 0 radical (unpaired) electrons. The molecule has 0 bridgehead atoms. The molecule has 7 nitrogen and oxygen atoms in total. The second kappa shape index (κ2) is 8.38. The fraction of sp³-hybridized carbons (Fsp3) is 0.300. The van der Waals surface area contributed by atoms with Gasteiger partial charge in [-0.05, 0) is 44.0 Å². The number of aromatic nitrogens is 5. The Morgan fingerprint density at radius 2 is 2.03 bits per heavy atom. The average Bonchev–Trinajstić information content (AvgIpc) is 3.34. The summed E-state index contributed by atoms with van der Waals surface area (Å²) in [5.41, 5.74) is 3.11. The number of rotatable bonds is 7. The van der Waals surface area contributed by atoms with E-state index in [-0.39, 0.29) is 5.56 Å². The van der Waals surface area contributed by atoms with Gasteiger partial charge in [0.15, 0.2) is 15.9 Å². The number of hydrogen-bond donors (Lipinski definition) is 0. The molecule has 0 aliphatic rings. The fourth-order valence-electron chi connectivity index (χ4n) is 2.90. The van der Waals surface area contributed by atoms with Crippen molar-refractivity contribution in [3.8, 4) is 5.75 Å². The molecule has 1 aromatic carbocycles. The van der Waals surface area contributed by atoms with Crippen molar-refractivity contribution in [1.82, 2.24) is 24.1 Å². The van der Waals surface area contributed by atoms with Crippen LogP contribution in [-0.4, -0.2) is 24.1 Å². The van der Waals surface area contributed by atoms with Gasteiger partial charge < -0.3 is 9.30 Å². The highest BCUT2D eigenvalue weighted by molar-refractivity contribution is 7.98. The quantitative estimate of drug-likeness (QED) is 0.417. The summed E-state index contributed by atoms with van der Waals surface area (Å²) in [5, 5.41) is 11.3. The molecule has 0 unspecified atom stereocenters. The molecule has 0 aliphatic heterocycles. The third kappa shape index (κ3) is 4.20. The highest BCUT2D eigenvalue weighted by Gasteiger charge is 2.13. The van der Waals surface area contributed by atoms with Crippen molar-refractivity contribution in [1.29, 1.82) is 0 Å². The normalized spacial score (nSPS) is 11.3. The van der Waals surface area contributed by atoms with Gasteiger partial charge >= 0.3 is 0 Å². The van der Waals surface area contributed by atoms with Gasteiger partial charge in [-0.1, -0.05) is 17.8 Å². The Balaban J connectivity index is 1.46. The molecule has 0 spiro atoms. The Labute approximate surface area is 176 Å². The van der Waals surface area contributed by atoms with Crippen LogP contribution in [0.15, 0.2) is 45.8 Å². The van der Waals surface area contributed by atoms with Gasteiger partial charge in [0.25, 0.3) is 5.56 Å². The number of thiazole rings is 1. The second-order valence-corrected chi connectivity index (χ2v) is 8.42. The second-order valence-electron chi connectivity index (χ2n) is 6.61. The molecule has 3 aromatic heterocycles. The van der Waals surface area contributed by atoms with Crippen LogP contribution in [0, 0.1) is 13.8 Å². The lowest BCUT2D eigenvalue weighted by Crippen LogP contribution is -2.12. The van der Waals surface area contributed by atoms with Crippen LogP contribution in [0.3, 0.4) is 0 Å². The molecule has 0 saturated carbocycles. The molecule has 0 saturated heterocycles. The van der Waals surface area contributed by atoms with Gasteiger partial charge in [-0.3, -0.25) is 9.20 Å². The van der Waals surface area contributed by atoms with Crippen LogP contribution in [0.1, 0.15) is 29.6 Å². The van der Waals surface area contributed by atoms with Crippen molar-refractivity contribution in [2.45, 2.75) is 44.8 Å². The average molecular weight is 428 g/mol. The van der Waals surface area contributed by atoms with Crippen LogP contribution in [0.4, 0.5) is 0 Å². The molecule has 0 amide bonds. The molecule has 0 atom stereocenters. The summed E-state index contributed by atoms with van der Waals surface area (Å²) in [7, 11) is 0. The lowest BCUT2D eigenvalue weighted by atomic mass is 10.1. The summed E-state index contributed by atoms with van der Waals surface area (Å²) in [6, 6.07) is 7.62. The van der Waals surface area contributed by atoms with E-state index < -0.39 is 0 Å². The van der Waals surface area contributed by atoms with E-state index in [2.05, 4.69) is 42.0 Å². The number of benzene rings is 1. The van der Waals surface area contributed by atoms with Gasteiger partial charge in [0.1, 0.15) is 12.4 Å². The molecular weight excluding hydrogens is 406 g/mol. The number of thioether (sulfide) groups is 1. The van der Waals surface area contributed by atoms with E-state index in [0.717, 1.165) is 29.0 Å². The Bertz CT molecular complexity index is 1210. The first-order valence-electron chi connectivity index (χ1n) is 9.26. The van der Waals surface area contributed by atoms with E-state index in [1.807, 2.05) is 22.1 Å². The zero-order valence-electron chi connectivity index (χ0n) is 16.5. The van der Waals surface area contributed by atoms with E-state index in [1.165, 1.54) is 34.2 Å². The summed E-state index contributed by atoms with van der Waals surface area (Å²) in [4.78, 5) is 17.4. The first kappa shape index (κ1) is 19.7. The summed E-state index contributed by atoms with van der Waals surface area (Å²) in [6.45, 7) is 7.29. The monoisotopic (exact) mass is 427 g/mol. The standard InChI is InChI=1S/C20H21N5O2S2/c1-4-24-17(11-27-16-6-5-13(2)14(3)9-16)22-23-20(24)29-12-15-10-18(26)25-7-8-28-19(25)21-15/h5-10H,4,11-12H2,1-3H3. The Morgan fingerprint density at radius 1 is 1.17 bits per heavy atom. The minimum absolute atomic E-state index is 0.0636. The van der Waals surface area contributed by atoms with Crippen molar-refractivity contribution < 1.29 is 4.74 Å². The molecule has 0 fully saturated rings. The van der Waals surface area contributed by atoms with Crippen LogP contribution >= 0.6 is 23.1 Å². The first-order valence-corrected chi connectivity index (χ1v) is 11.1. The maximum Gasteiger partial charge on any atom is 0.258 e. The van der Waals surface area contributed by atoms with Crippen molar-refractivity contribution in [3.63, 3.8) is 0 Å². The van der Waals surface area contributed by atoms with Crippen molar-refractivity contribution in [3.05, 3.63) is 68.8 Å². The lowest BCUT2D eigenvalue weighted by Gasteiger charge is -2.10. The number of aryl methyl sites for hydroxylation is 2. The zero-order valence-corrected chi connectivity index (χ0v) is 18.1. The van der Waals surface area contributed by atoms with E-state index in [9.17, 15) is 4.79 Å². The number of ether oxygens (including phenoxy) is 1. The smallest absolute Gasteiger partial charge is 0.258 e. The van der Waals surface area contributed by atoms with Crippen molar-refractivity contribution in [2.75, 3.05) is 0 Å². The molecule has 4 aromatic rings. The van der Waals surface area contributed by atoms with E-state index in [0.29, 0.717) is 17.3 Å². The van der Waals surface area contributed by atoms with Gasteiger partial charge in [-0.15, -0.1) is 21.5 Å². The minimum atomic E-state index is -0.0636. The number of fused-ring (bicyclic) bond motifs is 1. The minimum Gasteiger partial charge on any atom is -0.486 e. The fourth-order valence-corrected chi connectivity index (χ4v) is 4.55. The van der Waals surface area contributed by atoms with Gasteiger partial charge in [-0.25, -0.2) is 4.98 Å². The Hall–Kier alpha value is -2.65. The van der Waals surface area contributed by atoms with E-state index in [4.69, 9.17) is 4.74 Å². The van der Waals surface area contributed by atoms with Gasteiger partial charge in [0.2, 0.25) is 0 Å². The largest absolute Gasteiger partial charge is 0.486 e. The van der Waals surface area contributed by atoms with E-state index >= 15 is 0 Å². The van der Waals surface area contributed by atoms with Crippen LogP contribution in [0.25, 0.3) is 4.96 Å². The zero-order chi connectivity index (χ0) is 20.4. The first-order chi connectivity index (χ1) is 14.0. The molecule has 3 heterocycles. The van der Waals surface area contributed by atoms with Crippen molar-refractivity contribution >= 4 is 28.1 Å². The Morgan fingerprint density at radius 3 is 2.83 bits per heavy atom. The maximum absolute atomic E-state index is 12.1. The number of nitrogens with zero attached hydrogens (tertiary/aromatic N) is 5. The van der Waals surface area contributed by atoms with Crippen molar-refractivity contribution in [2.24, 2.45) is 0 Å². The molecule has 4 rings (SSSR count). The molecule has 0 N–H and O–H groups in total. The highest BCUT2D eigenvalue weighted by atomic mass is 32.2. The lowest BCUT2D eigenvalue weighted by molar-refractivity contribution is 0.288. The molecule has 0 aliphatic carbocycles. The summed E-state index contributed by atoms with van der Waals surface area (Å²) in [5.74, 6) is 2.15. The highest BCUT2D eigenvalue weighted by Crippen LogP contribution is 2.23. The SMILES string of the molecule is CCn1c(COc2ccc(C)c(C)c2)nnc1SCc1cc(=O)n2ccsc2n1. The van der Waals surface area contributed by atoms with Crippen LogP contribution in [-0.2, 0) is 18.9 Å². The Kier molecular flexibility index (Phi) is 5.68. The third-order valence-electron chi connectivity index (χ3n) is 4.66. The van der Waals surface area contributed by atoms with Gasteiger partial charge in [-0.2, -0.15) is 0 Å². The molecule has 29 heavy (non-hydrogen) atoms.